The van der Waals surface area contributed by atoms with Crippen LogP contribution in [0.2, 0.25) is 0 Å². The second-order valence-electron chi connectivity index (χ2n) is 6.08. The third-order valence-corrected chi connectivity index (χ3v) is 4.34. The maximum atomic E-state index is 12.8. The van der Waals surface area contributed by atoms with Gasteiger partial charge in [0.05, 0.1) is 5.56 Å². The first-order chi connectivity index (χ1) is 11.1. The molecule has 0 radical (unpaired) electrons. The monoisotopic (exact) mass is 309 g/mol. The number of nitrogens with one attached hydrogen (secondary N) is 1. The van der Waals surface area contributed by atoms with Crippen molar-refractivity contribution in [3.63, 3.8) is 0 Å². The molecule has 23 heavy (non-hydrogen) atoms. The molecule has 1 saturated heterocycles. The Labute approximate surface area is 137 Å². The molecule has 1 atom stereocenters. The Morgan fingerprint density at radius 3 is 2.52 bits per heavy atom. The molecule has 0 saturated carbocycles. The quantitative estimate of drug-likeness (QED) is 0.847. The Morgan fingerprint density at radius 2 is 1.83 bits per heavy atom. The maximum absolute atomic E-state index is 12.8. The molecule has 0 aromatic heterocycles. The van der Waals surface area contributed by atoms with Gasteiger partial charge in [0.15, 0.2) is 0 Å². The predicted molar refractivity (Wildman–Crippen MR) is 94.5 cm³/mol. The zero-order valence-corrected chi connectivity index (χ0v) is 13.5. The number of carbonyl (C=O) groups is 1. The molecule has 1 aliphatic rings. The maximum Gasteiger partial charge on any atom is 0.256 e. The summed E-state index contributed by atoms with van der Waals surface area (Å²) in [5, 5.41) is 3.46. The highest BCUT2D eigenvalue weighted by molar-refractivity contribution is 6.00. The molecule has 2 aromatic carbocycles. The van der Waals surface area contributed by atoms with Crippen molar-refractivity contribution in [2.75, 3.05) is 24.1 Å². The van der Waals surface area contributed by atoms with Crippen molar-refractivity contribution in [3.05, 3.63) is 59.7 Å². The smallest absolute Gasteiger partial charge is 0.256 e. The average Bonchev–Trinajstić information content (AvgIpc) is 3.11. The highest BCUT2D eigenvalue weighted by Gasteiger charge is 2.22. The lowest BCUT2D eigenvalue weighted by Crippen LogP contribution is -2.28. The lowest BCUT2D eigenvalue weighted by molar-refractivity contribution is 0.0794. The van der Waals surface area contributed by atoms with Gasteiger partial charge < -0.3 is 16.0 Å². The molecule has 4 heteroatoms. The number of amides is 1. The molecule has 120 valence electrons. The molecule has 3 N–H and O–H groups in total. The number of nitrogens with zero attached hydrogens (tertiary/aromatic N) is 1. The SMILES string of the molecule is CC(Nc1ccc(N)cc1C(=O)N1CCCC1)c1ccccc1. The molecule has 1 aliphatic heterocycles. The van der Waals surface area contributed by atoms with E-state index in [4.69, 9.17) is 5.73 Å². The van der Waals surface area contributed by atoms with Crippen LogP contribution in [0, 0.1) is 0 Å². The minimum atomic E-state index is 0.0672. The van der Waals surface area contributed by atoms with Gasteiger partial charge in [-0.05, 0) is 43.5 Å². The number of nitrogens with two attached hydrogens (primary N) is 1. The summed E-state index contributed by atoms with van der Waals surface area (Å²) in [6.07, 6.45) is 2.16. The fourth-order valence-electron chi connectivity index (χ4n) is 3.01. The van der Waals surface area contributed by atoms with Gasteiger partial charge in [0.25, 0.3) is 5.91 Å². The normalized spacial score (nSPS) is 15.4. The Morgan fingerprint density at radius 1 is 1.13 bits per heavy atom. The molecule has 1 amide bonds. The van der Waals surface area contributed by atoms with Gasteiger partial charge in [-0.15, -0.1) is 0 Å². The average molecular weight is 309 g/mol. The topological polar surface area (TPSA) is 58.4 Å². The van der Waals surface area contributed by atoms with Crippen LogP contribution in [0.4, 0.5) is 11.4 Å². The number of likely N-dealkylation sites (tertiary alicyclic amines) is 1. The second kappa shape index (κ2) is 6.73. The molecule has 0 bridgehead atoms. The molecular formula is C19H23N3O. The van der Waals surface area contributed by atoms with Crippen molar-refractivity contribution in [1.82, 2.24) is 4.90 Å². The third kappa shape index (κ3) is 3.47. The van der Waals surface area contributed by atoms with Crippen LogP contribution in [0.1, 0.15) is 41.7 Å². The number of carbonyl (C=O) groups excluding carboxylic acids is 1. The van der Waals surface area contributed by atoms with Gasteiger partial charge in [-0.1, -0.05) is 30.3 Å². The summed E-state index contributed by atoms with van der Waals surface area (Å²) in [5.74, 6) is 0.0672. The molecule has 1 unspecified atom stereocenters. The zero-order valence-electron chi connectivity index (χ0n) is 13.5. The summed E-state index contributed by atoms with van der Waals surface area (Å²) in [6.45, 7) is 3.76. The number of benzene rings is 2. The first-order valence-electron chi connectivity index (χ1n) is 8.15. The number of hydrogen-bond acceptors (Lipinski definition) is 3. The predicted octanol–water partition coefficient (Wildman–Crippen LogP) is 3.68. The molecule has 0 aliphatic carbocycles. The van der Waals surface area contributed by atoms with E-state index < -0.39 is 0 Å². The van der Waals surface area contributed by atoms with Gasteiger partial charge in [-0.3, -0.25) is 4.79 Å². The van der Waals surface area contributed by atoms with Crippen molar-refractivity contribution in [1.29, 1.82) is 0 Å². The highest BCUT2D eigenvalue weighted by atomic mass is 16.2. The summed E-state index contributed by atoms with van der Waals surface area (Å²) < 4.78 is 0. The van der Waals surface area contributed by atoms with E-state index >= 15 is 0 Å². The van der Waals surface area contributed by atoms with Crippen molar-refractivity contribution >= 4 is 17.3 Å². The summed E-state index contributed by atoms with van der Waals surface area (Å²) >= 11 is 0. The van der Waals surface area contributed by atoms with Crippen LogP contribution < -0.4 is 11.1 Å². The Balaban J connectivity index is 1.85. The van der Waals surface area contributed by atoms with E-state index in [2.05, 4.69) is 24.4 Å². The summed E-state index contributed by atoms with van der Waals surface area (Å²) in [4.78, 5) is 14.7. The number of nitrogen functional groups attached to an aromatic ring is 1. The summed E-state index contributed by atoms with van der Waals surface area (Å²) in [6, 6.07) is 15.8. The van der Waals surface area contributed by atoms with Crippen LogP contribution in [-0.2, 0) is 0 Å². The van der Waals surface area contributed by atoms with Crippen molar-refractivity contribution in [3.8, 4) is 0 Å². The number of rotatable bonds is 4. The summed E-state index contributed by atoms with van der Waals surface area (Å²) in [7, 11) is 0. The zero-order chi connectivity index (χ0) is 16.2. The lowest BCUT2D eigenvalue weighted by Gasteiger charge is -2.21. The second-order valence-corrected chi connectivity index (χ2v) is 6.08. The molecule has 2 aromatic rings. The van der Waals surface area contributed by atoms with E-state index in [1.807, 2.05) is 35.2 Å². The molecule has 1 fully saturated rings. The van der Waals surface area contributed by atoms with Gasteiger partial charge >= 0.3 is 0 Å². The molecular weight excluding hydrogens is 286 g/mol. The summed E-state index contributed by atoms with van der Waals surface area (Å²) in [5.41, 5.74) is 9.21. The van der Waals surface area contributed by atoms with Crippen LogP contribution in [0.5, 0.6) is 0 Å². The van der Waals surface area contributed by atoms with Crippen LogP contribution in [0.3, 0.4) is 0 Å². The molecule has 0 spiro atoms. The van der Waals surface area contributed by atoms with Crippen molar-refractivity contribution in [2.24, 2.45) is 0 Å². The minimum absolute atomic E-state index is 0.0672. The van der Waals surface area contributed by atoms with Gasteiger partial charge in [0, 0.05) is 30.5 Å². The largest absolute Gasteiger partial charge is 0.399 e. The third-order valence-electron chi connectivity index (χ3n) is 4.34. The first-order valence-corrected chi connectivity index (χ1v) is 8.15. The van der Waals surface area contributed by atoms with E-state index in [0.29, 0.717) is 11.3 Å². The van der Waals surface area contributed by atoms with Gasteiger partial charge in [0.1, 0.15) is 0 Å². The van der Waals surface area contributed by atoms with Crippen LogP contribution >= 0.6 is 0 Å². The minimum Gasteiger partial charge on any atom is -0.399 e. The van der Waals surface area contributed by atoms with Crippen molar-refractivity contribution in [2.45, 2.75) is 25.8 Å². The highest BCUT2D eigenvalue weighted by Crippen LogP contribution is 2.26. The fraction of sp³-hybridized carbons (Fsp3) is 0.316. The van der Waals surface area contributed by atoms with Gasteiger partial charge in [-0.2, -0.15) is 0 Å². The molecule has 3 rings (SSSR count). The van der Waals surface area contributed by atoms with Gasteiger partial charge in [-0.25, -0.2) is 0 Å². The number of hydrogen-bond donors (Lipinski definition) is 2. The van der Waals surface area contributed by atoms with Crippen LogP contribution in [-0.4, -0.2) is 23.9 Å². The lowest BCUT2D eigenvalue weighted by atomic mass is 10.1. The van der Waals surface area contributed by atoms with Crippen molar-refractivity contribution < 1.29 is 4.79 Å². The van der Waals surface area contributed by atoms with E-state index in [1.54, 1.807) is 6.07 Å². The Bertz CT molecular complexity index is 678. The van der Waals surface area contributed by atoms with Crippen LogP contribution in [0.25, 0.3) is 0 Å². The number of anilines is 2. The van der Waals surface area contributed by atoms with Gasteiger partial charge in [0.2, 0.25) is 0 Å². The van der Waals surface area contributed by atoms with Crippen LogP contribution in [0.15, 0.2) is 48.5 Å². The van der Waals surface area contributed by atoms with E-state index in [-0.39, 0.29) is 11.9 Å². The standard InChI is InChI=1S/C19H23N3O/c1-14(15-7-3-2-4-8-15)21-18-10-9-16(20)13-17(18)19(23)22-11-5-6-12-22/h2-4,7-10,13-14,21H,5-6,11-12,20H2,1H3. The van der Waals surface area contributed by atoms with E-state index in [1.165, 1.54) is 5.56 Å². The van der Waals surface area contributed by atoms with E-state index in [9.17, 15) is 4.79 Å². The molecule has 1 heterocycles. The molecule has 4 nitrogen and oxygen atoms in total. The first kappa shape index (κ1) is 15.4. The van der Waals surface area contributed by atoms with E-state index in [0.717, 1.165) is 31.6 Å². The fourth-order valence-corrected chi connectivity index (χ4v) is 3.01. The Kier molecular flexibility index (Phi) is 4.51. The Hall–Kier alpha value is -2.49.